The van der Waals surface area contributed by atoms with Crippen LogP contribution >= 0.6 is 0 Å². The molecule has 0 radical (unpaired) electrons. The van der Waals surface area contributed by atoms with Crippen molar-refractivity contribution in [3.05, 3.63) is 46.6 Å². The van der Waals surface area contributed by atoms with Gasteiger partial charge in [-0.3, -0.25) is 4.68 Å². The summed E-state index contributed by atoms with van der Waals surface area (Å²) in [6.45, 7) is 5.11. The number of hydrogen-bond acceptors (Lipinski definition) is 3. The second-order valence-electron chi connectivity index (χ2n) is 7.01. The van der Waals surface area contributed by atoms with Crippen LogP contribution in [0, 0.1) is 19.8 Å². The van der Waals surface area contributed by atoms with Gasteiger partial charge >= 0.3 is 0 Å². The molecule has 1 aromatic heterocycles. The molecule has 1 fully saturated rings. The normalized spacial score (nSPS) is 15.7. The third kappa shape index (κ3) is 3.42. The van der Waals surface area contributed by atoms with Crippen LogP contribution in [-0.2, 0) is 13.6 Å². The molecule has 0 saturated heterocycles. The summed E-state index contributed by atoms with van der Waals surface area (Å²) in [6, 6.07) is 9.42. The fraction of sp³-hybridized carbons (Fsp3) is 0.526. The molecule has 2 aromatic rings. The molecule has 1 aromatic carbocycles. The summed E-state index contributed by atoms with van der Waals surface area (Å²) < 4.78 is 1.98. The lowest BCUT2D eigenvalue weighted by Crippen LogP contribution is -2.24. The fourth-order valence-corrected chi connectivity index (χ4v) is 3.43. The van der Waals surface area contributed by atoms with Crippen molar-refractivity contribution in [1.82, 2.24) is 15.1 Å². The quantitative estimate of drug-likeness (QED) is 0.888. The maximum atomic E-state index is 4.59. The van der Waals surface area contributed by atoms with Crippen molar-refractivity contribution in [3.8, 4) is 0 Å². The average molecular weight is 312 g/mol. The largest absolute Gasteiger partial charge is 0.363 e. The van der Waals surface area contributed by atoms with Crippen LogP contribution in [0.25, 0.3) is 0 Å². The Morgan fingerprint density at radius 2 is 1.87 bits per heavy atom. The molecule has 0 amide bonds. The summed E-state index contributed by atoms with van der Waals surface area (Å²) in [5.74, 6) is 1.96. The molecule has 0 spiro atoms. The Morgan fingerprint density at radius 1 is 1.22 bits per heavy atom. The third-order valence-electron chi connectivity index (χ3n) is 4.77. The lowest BCUT2D eigenvalue weighted by molar-refractivity contribution is 0.479. The predicted octanol–water partition coefficient (Wildman–Crippen LogP) is 3.34. The van der Waals surface area contributed by atoms with Gasteiger partial charge < -0.3 is 10.2 Å². The Bertz CT molecular complexity index is 665. The van der Waals surface area contributed by atoms with Gasteiger partial charge in [-0.2, -0.15) is 5.10 Å². The second kappa shape index (κ2) is 6.36. The number of benzene rings is 1. The van der Waals surface area contributed by atoms with Crippen LogP contribution in [0.2, 0.25) is 0 Å². The van der Waals surface area contributed by atoms with Gasteiger partial charge in [-0.15, -0.1) is 0 Å². The molecule has 1 atom stereocenters. The molecule has 1 aliphatic rings. The third-order valence-corrected chi connectivity index (χ3v) is 4.77. The molecule has 1 N–H and O–H groups in total. The highest BCUT2D eigenvalue weighted by molar-refractivity contribution is 5.49. The van der Waals surface area contributed by atoms with Gasteiger partial charge in [0.1, 0.15) is 5.82 Å². The van der Waals surface area contributed by atoms with Crippen LogP contribution in [-0.4, -0.2) is 23.9 Å². The Kier molecular flexibility index (Phi) is 4.44. The highest BCUT2D eigenvalue weighted by Crippen LogP contribution is 2.41. The van der Waals surface area contributed by atoms with Crippen molar-refractivity contribution in [3.63, 3.8) is 0 Å². The Labute approximate surface area is 139 Å². The first-order chi connectivity index (χ1) is 11.0. The number of aryl methyl sites for hydroxylation is 3. The Balaban J connectivity index is 1.79. The molecular formula is C19H28N4. The SMILES string of the molecule is Cc1ccc(C(NCc2c(C)nn(C)c2N(C)C)C2CC2)cc1. The first-order valence-electron chi connectivity index (χ1n) is 8.47. The van der Waals surface area contributed by atoms with Gasteiger partial charge in [0.15, 0.2) is 0 Å². The first-order valence-corrected chi connectivity index (χ1v) is 8.47. The summed E-state index contributed by atoms with van der Waals surface area (Å²) in [4.78, 5) is 2.15. The summed E-state index contributed by atoms with van der Waals surface area (Å²) in [7, 11) is 6.18. The Morgan fingerprint density at radius 3 is 2.43 bits per heavy atom. The van der Waals surface area contributed by atoms with Crippen LogP contribution in [0.1, 0.15) is 41.3 Å². The van der Waals surface area contributed by atoms with Crippen LogP contribution in [0.15, 0.2) is 24.3 Å². The van der Waals surface area contributed by atoms with Gasteiger partial charge in [0, 0.05) is 39.3 Å². The molecule has 0 bridgehead atoms. The molecule has 23 heavy (non-hydrogen) atoms. The lowest BCUT2D eigenvalue weighted by atomic mass is 10.0. The molecular weight excluding hydrogens is 284 g/mol. The van der Waals surface area contributed by atoms with Gasteiger partial charge in [-0.05, 0) is 38.2 Å². The van der Waals surface area contributed by atoms with Crippen molar-refractivity contribution in [1.29, 1.82) is 0 Å². The zero-order valence-electron chi connectivity index (χ0n) is 14.9. The first kappa shape index (κ1) is 16.1. The average Bonchev–Trinajstić information content (AvgIpc) is 3.27. The predicted molar refractivity (Wildman–Crippen MR) is 95.8 cm³/mol. The van der Waals surface area contributed by atoms with E-state index >= 15 is 0 Å². The van der Waals surface area contributed by atoms with E-state index in [1.165, 1.54) is 35.3 Å². The van der Waals surface area contributed by atoms with Gasteiger partial charge in [-0.25, -0.2) is 0 Å². The van der Waals surface area contributed by atoms with Crippen molar-refractivity contribution in [2.45, 2.75) is 39.3 Å². The van der Waals surface area contributed by atoms with Crippen molar-refractivity contribution in [2.24, 2.45) is 13.0 Å². The van der Waals surface area contributed by atoms with Crippen molar-refractivity contribution in [2.75, 3.05) is 19.0 Å². The molecule has 4 nitrogen and oxygen atoms in total. The molecule has 1 aliphatic carbocycles. The number of nitrogens with one attached hydrogen (secondary N) is 1. The summed E-state index contributed by atoms with van der Waals surface area (Å²) in [5.41, 5.74) is 5.14. The van der Waals surface area contributed by atoms with Crippen LogP contribution in [0.4, 0.5) is 5.82 Å². The minimum atomic E-state index is 0.449. The summed E-state index contributed by atoms with van der Waals surface area (Å²) in [5, 5.41) is 8.39. The van der Waals surface area contributed by atoms with Crippen molar-refractivity contribution < 1.29 is 0 Å². The summed E-state index contributed by atoms with van der Waals surface area (Å²) in [6.07, 6.45) is 2.66. The van der Waals surface area contributed by atoms with E-state index in [0.29, 0.717) is 6.04 Å². The van der Waals surface area contributed by atoms with E-state index in [4.69, 9.17) is 0 Å². The lowest BCUT2D eigenvalue weighted by Gasteiger charge is -2.21. The minimum Gasteiger partial charge on any atom is -0.363 e. The maximum Gasteiger partial charge on any atom is 0.130 e. The van der Waals surface area contributed by atoms with E-state index in [2.05, 4.69) is 67.5 Å². The zero-order valence-corrected chi connectivity index (χ0v) is 14.9. The van der Waals surface area contributed by atoms with Gasteiger partial charge in [0.25, 0.3) is 0 Å². The van der Waals surface area contributed by atoms with E-state index in [0.717, 1.165) is 18.2 Å². The van der Waals surface area contributed by atoms with Crippen LogP contribution in [0.5, 0.6) is 0 Å². The van der Waals surface area contributed by atoms with Crippen molar-refractivity contribution >= 4 is 5.82 Å². The molecule has 124 valence electrons. The van der Waals surface area contributed by atoms with Gasteiger partial charge in [0.05, 0.1) is 5.69 Å². The zero-order chi connectivity index (χ0) is 16.6. The smallest absolute Gasteiger partial charge is 0.130 e. The molecule has 0 aliphatic heterocycles. The number of rotatable bonds is 6. The van der Waals surface area contributed by atoms with Crippen LogP contribution in [0.3, 0.4) is 0 Å². The molecule has 4 heteroatoms. The molecule has 1 saturated carbocycles. The molecule has 1 unspecified atom stereocenters. The standard InChI is InChI=1S/C19H28N4/c1-13-6-8-15(9-7-13)18(16-10-11-16)20-12-17-14(2)21-23(5)19(17)22(3)4/h6-9,16,18,20H,10-12H2,1-5H3. The van der Waals surface area contributed by atoms with Gasteiger partial charge in [-0.1, -0.05) is 29.8 Å². The Hall–Kier alpha value is -1.81. The highest BCUT2D eigenvalue weighted by Gasteiger charge is 2.32. The van der Waals surface area contributed by atoms with Gasteiger partial charge in [0.2, 0.25) is 0 Å². The second-order valence-corrected chi connectivity index (χ2v) is 7.01. The van der Waals surface area contributed by atoms with E-state index in [1.807, 2.05) is 11.7 Å². The molecule has 1 heterocycles. The topological polar surface area (TPSA) is 33.1 Å². The monoisotopic (exact) mass is 312 g/mol. The highest BCUT2D eigenvalue weighted by atomic mass is 15.4. The van der Waals surface area contributed by atoms with E-state index in [-0.39, 0.29) is 0 Å². The number of nitrogens with zero attached hydrogens (tertiary/aromatic N) is 3. The number of anilines is 1. The van der Waals surface area contributed by atoms with E-state index in [1.54, 1.807) is 0 Å². The fourth-order valence-electron chi connectivity index (χ4n) is 3.43. The van der Waals surface area contributed by atoms with E-state index < -0.39 is 0 Å². The maximum absolute atomic E-state index is 4.59. The summed E-state index contributed by atoms with van der Waals surface area (Å²) >= 11 is 0. The number of aromatic nitrogens is 2. The number of hydrogen-bond donors (Lipinski definition) is 1. The van der Waals surface area contributed by atoms with Crippen LogP contribution < -0.4 is 10.2 Å². The minimum absolute atomic E-state index is 0.449. The van der Waals surface area contributed by atoms with E-state index in [9.17, 15) is 0 Å². The molecule has 3 rings (SSSR count).